The van der Waals surface area contributed by atoms with E-state index in [1.165, 1.54) is 5.56 Å². The number of fused-ring (bicyclic) bond motifs is 1. The number of methoxy groups -OCH3 is 1. The van der Waals surface area contributed by atoms with Crippen molar-refractivity contribution in [2.45, 2.75) is 32.2 Å². The Morgan fingerprint density at radius 2 is 1.85 bits per heavy atom. The number of hydrogen-bond donors (Lipinski definition) is 1. The Labute approximate surface area is 160 Å². The summed E-state index contributed by atoms with van der Waals surface area (Å²) in [5.74, 6) is 1.15. The monoisotopic (exact) mass is 365 g/mol. The lowest BCUT2D eigenvalue weighted by molar-refractivity contribution is -0.121. The summed E-state index contributed by atoms with van der Waals surface area (Å²) >= 11 is 0. The van der Waals surface area contributed by atoms with Gasteiger partial charge < -0.3 is 14.6 Å². The summed E-state index contributed by atoms with van der Waals surface area (Å²) in [6.07, 6.45) is 3.00. The Balaban J connectivity index is 1.47. The maximum Gasteiger partial charge on any atom is 0.220 e. The first-order valence-electron chi connectivity index (χ1n) is 9.51. The Hall–Kier alpha value is -2.66. The Bertz CT molecular complexity index is 858. The van der Waals surface area contributed by atoms with E-state index in [-0.39, 0.29) is 5.91 Å². The molecule has 0 aliphatic carbocycles. The molecule has 142 valence electrons. The minimum atomic E-state index is 0.103. The standard InChI is InChI=1S/C22H27N3O2/c1-27-17-16-25-20-11-6-5-10-19(20)24-21(25)12-7-15-23-22(26)14-13-18-8-3-2-4-9-18/h2-6,8-11H,7,12-17H2,1H3,(H,23,26). The highest BCUT2D eigenvalue weighted by molar-refractivity contribution is 5.76. The van der Waals surface area contributed by atoms with Gasteiger partial charge in [0.15, 0.2) is 0 Å². The van der Waals surface area contributed by atoms with Crippen LogP contribution in [-0.2, 0) is 28.9 Å². The number of rotatable bonds is 10. The predicted octanol–water partition coefficient (Wildman–Crippen LogP) is 3.36. The number of benzene rings is 2. The van der Waals surface area contributed by atoms with Crippen molar-refractivity contribution in [1.29, 1.82) is 0 Å². The topological polar surface area (TPSA) is 56.1 Å². The number of ether oxygens (including phenoxy) is 1. The van der Waals surface area contributed by atoms with Gasteiger partial charge in [-0.15, -0.1) is 0 Å². The highest BCUT2D eigenvalue weighted by Crippen LogP contribution is 2.17. The summed E-state index contributed by atoms with van der Waals surface area (Å²) in [4.78, 5) is 16.8. The Morgan fingerprint density at radius 1 is 1.07 bits per heavy atom. The molecule has 27 heavy (non-hydrogen) atoms. The van der Waals surface area contributed by atoms with Crippen molar-refractivity contribution in [2.75, 3.05) is 20.3 Å². The van der Waals surface area contributed by atoms with Gasteiger partial charge in [-0.2, -0.15) is 0 Å². The van der Waals surface area contributed by atoms with Gasteiger partial charge in [0, 0.05) is 33.0 Å². The van der Waals surface area contributed by atoms with Crippen LogP contribution < -0.4 is 5.32 Å². The van der Waals surface area contributed by atoms with Crippen molar-refractivity contribution in [3.05, 3.63) is 66.0 Å². The molecule has 0 fully saturated rings. The van der Waals surface area contributed by atoms with E-state index in [1.54, 1.807) is 7.11 Å². The van der Waals surface area contributed by atoms with E-state index in [0.29, 0.717) is 19.6 Å². The molecule has 0 spiro atoms. The smallest absolute Gasteiger partial charge is 0.220 e. The third-order valence-corrected chi connectivity index (χ3v) is 4.64. The number of carbonyl (C=O) groups excluding carboxylic acids is 1. The molecular weight excluding hydrogens is 338 g/mol. The molecule has 0 aliphatic heterocycles. The quantitative estimate of drug-likeness (QED) is 0.561. The maximum absolute atomic E-state index is 12.0. The van der Waals surface area contributed by atoms with Crippen molar-refractivity contribution < 1.29 is 9.53 Å². The van der Waals surface area contributed by atoms with E-state index in [4.69, 9.17) is 9.72 Å². The molecule has 1 amide bonds. The van der Waals surface area contributed by atoms with Crippen LogP contribution in [0.25, 0.3) is 11.0 Å². The van der Waals surface area contributed by atoms with Gasteiger partial charge in [-0.25, -0.2) is 4.98 Å². The maximum atomic E-state index is 12.0. The van der Waals surface area contributed by atoms with Crippen LogP contribution in [-0.4, -0.2) is 35.7 Å². The minimum absolute atomic E-state index is 0.103. The summed E-state index contributed by atoms with van der Waals surface area (Å²) in [5, 5.41) is 3.02. The third-order valence-electron chi connectivity index (χ3n) is 4.64. The van der Waals surface area contributed by atoms with E-state index in [2.05, 4.69) is 28.1 Å². The molecule has 0 radical (unpaired) electrons. The summed E-state index contributed by atoms with van der Waals surface area (Å²) in [7, 11) is 1.71. The summed E-state index contributed by atoms with van der Waals surface area (Å²) in [6, 6.07) is 18.3. The van der Waals surface area contributed by atoms with E-state index < -0.39 is 0 Å². The Kier molecular flexibility index (Phi) is 6.99. The first-order chi connectivity index (χ1) is 13.3. The molecule has 1 aromatic heterocycles. The fourth-order valence-corrected chi connectivity index (χ4v) is 3.21. The second kappa shape index (κ2) is 9.88. The molecule has 0 saturated carbocycles. The molecule has 0 aliphatic rings. The van der Waals surface area contributed by atoms with Crippen molar-refractivity contribution in [1.82, 2.24) is 14.9 Å². The fourth-order valence-electron chi connectivity index (χ4n) is 3.21. The lowest BCUT2D eigenvalue weighted by Crippen LogP contribution is -2.25. The van der Waals surface area contributed by atoms with E-state index in [0.717, 1.165) is 42.7 Å². The van der Waals surface area contributed by atoms with Crippen molar-refractivity contribution >= 4 is 16.9 Å². The van der Waals surface area contributed by atoms with Gasteiger partial charge in [0.2, 0.25) is 5.91 Å². The van der Waals surface area contributed by atoms with Gasteiger partial charge in [0.25, 0.3) is 0 Å². The molecule has 5 nitrogen and oxygen atoms in total. The molecule has 0 atom stereocenters. The number of carbonyl (C=O) groups is 1. The highest BCUT2D eigenvalue weighted by Gasteiger charge is 2.10. The van der Waals surface area contributed by atoms with Gasteiger partial charge in [0.05, 0.1) is 17.6 Å². The average molecular weight is 365 g/mol. The van der Waals surface area contributed by atoms with Crippen LogP contribution in [0, 0.1) is 0 Å². The first kappa shape index (κ1) is 19.1. The highest BCUT2D eigenvalue weighted by atomic mass is 16.5. The first-order valence-corrected chi connectivity index (χ1v) is 9.51. The minimum Gasteiger partial charge on any atom is -0.383 e. The molecule has 5 heteroatoms. The van der Waals surface area contributed by atoms with Crippen LogP contribution in [0.2, 0.25) is 0 Å². The van der Waals surface area contributed by atoms with Gasteiger partial charge >= 0.3 is 0 Å². The molecular formula is C22H27N3O2. The molecule has 3 aromatic rings. The van der Waals surface area contributed by atoms with Gasteiger partial charge in [0.1, 0.15) is 5.82 Å². The van der Waals surface area contributed by atoms with E-state index >= 15 is 0 Å². The number of aromatic nitrogens is 2. The third kappa shape index (κ3) is 5.41. The second-order valence-electron chi connectivity index (χ2n) is 6.60. The van der Waals surface area contributed by atoms with Crippen LogP contribution in [0.5, 0.6) is 0 Å². The summed E-state index contributed by atoms with van der Waals surface area (Å²) in [5.41, 5.74) is 3.34. The summed E-state index contributed by atoms with van der Waals surface area (Å²) in [6.45, 7) is 2.11. The predicted molar refractivity (Wildman–Crippen MR) is 108 cm³/mol. The van der Waals surface area contributed by atoms with Gasteiger partial charge in [-0.1, -0.05) is 42.5 Å². The average Bonchev–Trinajstić information content (AvgIpc) is 3.06. The van der Waals surface area contributed by atoms with Gasteiger partial charge in [-0.3, -0.25) is 4.79 Å². The molecule has 0 saturated heterocycles. The van der Waals surface area contributed by atoms with Gasteiger partial charge in [-0.05, 0) is 30.5 Å². The molecule has 0 unspecified atom stereocenters. The number of imidazole rings is 1. The largest absolute Gasteiger partial charge is 0.383 e. The molecule has 1 N–H and O–H groups in total. The lowest BCUT2D eigenvalue weighted by atomic mass is 10.1. The lowest BCUT2D eigenvalue weighted by Gasteiger charge is -2.09. The molecule has 1 heterocycles. The van der Waals surface area contributed by atoms with Crippen molar-refractivity contribution in [3.8, 4) is 0 Å². The van der Waals surface area contributed by atoms with Crippen molar-refractivity contribution in [2.24, 2.45) is 0 Å². The molecule has 3 rings (SSSR count). The molecule has 0 bridgehead atoms. The zero-order valence-electron chi connectivity index (χ0n) is 15.9. The number of nitrogens with zero attached hydrogens (tertiary/aromatic N) is 2. The van der Waals surface area contributed by atoms with Crippen LogP contribution in [0.1, 0.15) is 24.2 Å². The van der Waals surface area contributed by atoms with Crippen LogP contribution in [0.15, 0.2) is 54.6 Å². The van der Waals surface area contributed by atoms with Crippen molar-refractivity contribution in [3.63, 3.8) is 0 Å². The fraction of sp³-hybridized carbons (Fsp3) is 0.364. The number of aryl methyl sites for hydroxylation is 2. The SMILES string of the molecule is COCCn1c(CCCNC(=O)CCc2ccccc2)nc2ccccc21. The van der Waals surface area contributed by atoms with E-state index in [1.807, 2.05) is 36.4 Å². The zero-order valence-corrected chi connectivity index (χ0v) is 15.9. The van der Waals surface area contributed by atoms with E-state index in [9.17, 15) is 4.79 Å². The second-order valence-corrected chi connectivity index (χ2v) is 6.60. The molecule has 2 aromatic carbocycles. The number of nitrogens with one attached hydrogen (secondary N) is 1. The number of para-hydroxylation sites is 2. The zero-order chi connectivity index (χ0) is 18.9. The van der Waals surface area contributed by atoms with Crippen LogP contribution in [0.3, 0.4) is 0 Å². The number of amides is 1. The Morgan fingerprint density at radius 3 is 2.67 bits per heavy atom. The summed E-state index contributed by atoms with van der Waals surface area (Å²) < 4.78 is 7.45. The van der Waals surface area contributed by atoms with Crippen LogP contribution >= 0.6 is 0 Å². The van der Waals surface area contributed by atoms with Crippen LogP contribution in [0.4, 0.5) is 0 Å². The number of hydrogen-bond acceptors (Lipinski definition) is 3. The normalized spacial score (nSPS) is 11.0.